The van der Waals surface area contributed by atoms with E-state index in [-0.39, 0.29) is 25.4 Å². The third-order valence-electron chi connectivity index (χ3n) is 4.84. The molecular formula is C23H30NO6P. The summed E-state index contributed by atoms with van der Waals surface area (Å²) >= 11 is 0. The van der Waals surface area contributed by atoms with Crippen LogP contribution in [0, 0.1) is 11.8 Å². The molecule has 31 heavy (non-hydrogen) atoms. The summed E-state index contributed by atoms with van der Waals surface area (Å²) in [5.41, 5.74) is 1.56. The number of benzene rings is 2. The van der Waals surface area contributed by atoms with E-state index in [1.54, 1.807) is 36.4 Å². The topological polar surface area (TPSA) is 113 Å². The Morgan fingerprint density at radius 1 is 1.00 bits per heavy atom. The van der Waals surface area contributed by atoms with Crippen LogP contribution in [-0.2, 0) is 27.1 Å². The zero-order valence-electron chi connectivity index (χ0n) is 17.8. The molecule has 8 heteroatoms. The number of alkyl carbamates (subject to hydrolysis) is 1. The Balaban J connectivity index is 2.07. The van der Waals surface area contributed by atoms with Gasteiger partial charge in [0, 0.05) is 6.16 Å². The number of nitrogens with one attached hydrogen (secondary N) is 1. The molecule has 1 unspecified atom stereocenters. The van der Waals surface area contributed by atoms with Crippen molar-refractivity contribution in [2.24, 2.45) is 11.8 Å². The summed E-state index contributed by atoms with van der Waals surface area (Å²) in [6.07, 6.45) is -0.883. The largest absolute Gasteiger partial charge is 0.481 e. The van der Waals surface area contributed by atoms with Gasteiger partial charge in [-0.1, -0.05) is 74.5 Å². The molecule has 7 nitrogen and oxygen atoms in total. The van der Waals surface area contributed by atoms with E-state index in [9.17, 15) is 24.2 Å². The molecule has 0 aliphatic heterocycles. The molecule has 0 heterocycles. The lowest BCUT2D eigenvalue weighted by molar-refractivity contribution is -0.141. The minimum Gasteiger partial charge on any atom is -0.481 e. The molecule has 0 aliphatic carbocycles. The predicted octanol–water partition coefficient (Wildman–Crippen LogP) is 4.50. The molecule has 2 rings (SSSR count). The first-order valence-electron chi connectivity index (χ1n) is 10.2. The maximum atomic E-state index is 13.2. The number of carboxylic acid groups (broad SMARTS) is 1. The van der Waals surface area contributed by atoms with E-state index in [4.69, 9.17) is 4.74 Å². The zero-order chi connectivity index (χ0) is 22.9. The molecule has 1 amide bonds. The second kappa shape index (κ2) is 11.7. The normalized spacial score (nSPS) is 15.0. The van der Waals surface area contributed by atoms with Crippen molar-refractivity contribution in [3.8, 4) is 0 Å². The standard InChI is InChI=1S/C23H30NO6P/c1-17(2)13-21(24-23(27)30-15-19-11-7-4-8-12-19)31(28,29)16-20(22(25)26)14-18-9-5-3-6-10-18/h3-12,17,20-21H,13-16H2,1-2H3,(H,24,27)(H,25,26)(H,28,29)/t20-,21+/m1/s1. The van der Waals surface area contributed by atoms with Gasteiger partial charge < -0.3 is 20.1 Å². The summed E-state index contributed by atoms with van der Waals surface area (Å²) in [4.78, 5) is 34.8. The van der Waals surface area contributed by atoms with Crippen LogP contribution in [0.1, 0.15) is 31.4 Å². The second-order valence-electron chi connectivity index (χ2n) is 8.01. The monoisotopic (exact) mass is 447 g/mol. The Morgan fingerprint density at radius 3 is 2.06 bits per heavy atom. The van der Waals surface area contributed by atoms with Crippen molar-refractivity contribution in [1.29, 1.82) is 0 Å². The molecule has 0 aromatic heterocycles. The second-order valence-corrected chi connectivity index (χ2v) is 10.5. The average Bonchev–Trinajstić information content (AvgIpc) is 2.72. The lowest BCUT2D eigenvalue weighted by Gasteiger charge is -2.27. The molecule has 0 spiro atoms. The summed E-state index contributed by atoms with van der Waals surface area (Å²) in [5, 5.41) is 12.1. The highest BCUT2D eigenvalue weighted by Crippen LogP contribution is 2.49. The van der Waals surface area contributed by atoms with Gasteiger partial charge in [0.25, 0.3) is 0 Å². The van der Waals surface area contributed by atoms with Crippen molar-refractivity contribution >= 4 is 19.4 Å². The first kappa shape index (κ1) is 24.6. The molecule has 3 N–H and O–H groups in total. The first-order valence-corrected chi connectivity index (χ1v) is 12.1. The maximum absolute atomic E-state index is 13.2. The van der Waals surface area contributed by atoms with Gasteiger partial charge in [-0.15, -0.1) is 0 Å². The molecule has 0 saturated heterocycles. The Bertz CT molecular complexity index is 887. The molecule has 0 fully saturated rings. The van der Waals surface area contributed by atoms with E-state index in [2.05, 4.69) is 5.32 Å². The van der Waals surface area contributed by atoms with Crippen molar-refractivity contribution in [3.05, 3.63) is 71.8 Å². The van der Waals surface area contributed by atoms with Crippen molar-refractivity contribution in [2.75, 3.05) is 6.16 Å². The van der Waals surface area contributed by atoms with Crippen LogP contribution in [0.4, 0.5) is 4.79 Å². The van der Waals surface area contributed by atoms with E-state index in [0.717, 1.165) is 11.1 Å². The van der Waals surface area contributed by atoms with Crippen LogP contribution in [0.15, 0.2) is 60.7 Å². The molecule has 0 saturated carbocycles. The number of aliphatic carboxylic acids is 1. The number of rotatable bonds is 11. The van der Waals surface area contributed by atoms with E-state index in [0.29, 0.717) is 0 Å². The molecule has 168 valence electrons. The lowest BCUT2D eigenvalue weighted by atomic mass is 10.0. The van der Waals surface area contributed by atoms with Gasteiger partial charge in [0.2, 0.25) is 7.37 Å². The number of hydrogen-bond donors (Lipinski definition) is 3. The van der Waals surface area contributed by atoms with Crippen LogP contribution in [0.2, 0.25) is 0 Å². The highest BCUT2D eigenvalue weighted by Gasteiger charge is 2.37. The van der Waals surface area contributed by atoms with Crippen LogP contribution in [0.25, 0.3) is 0 Å². The number of carbonyl (C=O) groups excluding carboxylic acids is 1. The summed E-state index contributed by atoms with van der Waals surface area (Å²) in [7, 11) is -4.05. The quantitative estimate of drug-likeness (QED) is 0.437. The Labute approximate surface area is 182 Å². The van der Waals surface area contributed by atoms with Crippen molar-refractivity contribution < 1.29 is 28.9 Å². The molecule has 2 aromatic carbocycles. The molecule has 3 atom stereocenters. The first-order chi connectivity index (χ1) is 14.7. The van der Waals surface area contributed by atoms with Gasteiger partial charge in [-0.3, -0.25) is 9.36 Å². The third kappa shape index (κ3) is 8.56. The van der Waals surface area contributed by atoms with Crippen molar-refractivity contribution in [3.63, 3.8) is 0 Å². The third-order valence-corrected chi connectivity index (χ3v) is 7.11. The van der Waals surface area contributed by atoms with Crippen LogP contribution < -0.4 is 5.32 Å². The lowest BCUT2D eigenvalue weighted by Crippen LogP contribution is -2.38. The Kier molecular flexibility index (Phi) is 9.28. The molecule has 0 bridgehead atoms. The van der Waals surface area contributed by atoms with Crippen LogP contribution in [0.3, 0.4) is 0 Å². The number of carbonyl (C=O) groups is 2. The number of hydrogen-bond acceptors (Lipinski definition) is 4. The summed E-state index contributed by atoms with van der Waals surface area (Å²) < 4.78 is 18.4. The van der Waals surface area contributed by atoms with Crippen LogP contribution >= 0.6 is 7.37 Å². The number of ether oxygens (including phenoxy) is 1. The van der Waals surface area contributed by atoms with E-state index < -0.39 is 37.3 Å². The fraction of sp³-hybridized carbons (Fsp3) is 0.391. The van der Waals surface area contributed by atoms with E-state index in [1.165, 1.54) is 0 Å². The minimum atomic E-state index is -4.05. The van der Waals surface area contributed by atoms with Gasteiger partial charge in [0.1, 0.15) is 12.4 Å². The molecule has 0 aliphatic rings. The highest BCUT2D eigenvalue weighted by molar-refractivity contribution is 7.58. The van der Waals surface area contributed by atoms with Gasteiger partial charge in [-0.25, -0.2) is 4.79 Å². The zero-order valence-corrected chi connectivity index (χ0v) is 18.7. The van der Waals surface area contributed by atoms with Gasteiger partial charge in [-0.2, -0.15) is 0 Å². The SMILES string of the molecule is CC(C)C[C@@H](NC(=O)OCc1ccccc1)P(=O)(O)C[C@@H](Cc1ccccc1)C(=O)O. The predicted molar refractivity (Wildman–Crippen MR) is 119 cm³/mol. The Hall–Kier alpha value is -2.63. The van der Waals surface area contributed by atoms with Crippen molar-refractivity contribution in [1.82, 2.24) is 5.32 Å². The maximum Gasteiger partial charge on any atom is 0.408 e. The summed E-state index contributed by atoms with van der Waals surface area (Å²) in [6.45, 7) is 3.76. The Morgan fingerprint density at radius 2 is 1.55 bits per heavy atom. The van der Waals surface area contributed by atoms with Gasteiger partial charge in [-0.05, 0) is 29.9 Å². The van der Waals surface area contributed by atoms with E-state index >= 15 is 0 Å². The molecular weight excluding hydrogens is 417 g/mol. The van der Waals surface area contributed by atoms with Crippen LogP contribution in [-0.4, -0.2) is 34.0 Å². The minimum absolute atomic E-state index is 0.0114. The fourth-order valence-electron chi connectivity index (χ4n) is 3.24. The van der Waals surface area contributed by atoms with Gasteiger partial charge in [0.15, 0.2) is 0 Å². The number of carboxylic acids is 1. The van der Waals surface area contributed by atoms with E-state index in [1.807, 2.05) is 38.1 Å². The van der Waals surface area contributed by atoms with Gasteiger partial charge in [0.05, 0.1) is 5.92 Å². The molecule has 2 aromatic rings. The van der Waals surface area contributed by atoms with Crippen LogP contribution in [0.5, 0.6) is 0 Å². The van der Waals surface area contributed by atoms with Gasteiger partial charge >= 0.3 is 12.1 Å². The summed E-state index contributed by atoms with van der Waals surface area (Å²) in [6, 6.07) is 18.0. The summed E-state index contributed by atoms with van der Waals surface area (Å²) in [5.74, 6) is -3.27. The number of amides is 1. The van der Waals surface area contributed by atoms with Crippen molar-refractivity contribution in [2.45, 2.75) is 39.1 Å². The molecule has 0 radical (unpaired) electrons. The highest BCUT2D eigenvalue weighted by atomic mass is 31.2. The fourth-order valence-corrected chi connectivity index (χ4v) is 5.47. The average molecular weight is 447 g/mol. The smallest absolute Gasteiger partial charge is 0.408 e.